The quantitative estimate of drug-likeness (QED) is 0.175. The number of rotatable bonds is 3. The highest BCUT2D eigenvalue weighted by atomic mass is 32.1. The molecule has 12 heteroatoms. The summed E-state index contributed by atoms with van der Waals surface area (Å²) < 4.78 is 15.0. The number of aromatic nitrogens is 9. The van der Waals surface area contributed by atoms with E-state index in [1.54, 1.807) is 0 Å². The summed E-state index contributed by atoms with van der Waals surface area (Å²) in [5.41, 5.74) is 42.4. The number of hydrogen-bond donors (Lipinski definition) is 0. The lowest BCUT2D eigenvalue weighted by molar-refractivity contribution is 0.660. The Hall–Kier alpha value is -16.0. The lowest BCUT2D eigenvalue weighted by atomic mass is 9.79. The van der Waals surface area contributed by atoms with Crippen molar-refractivity contribution in [2.75, 3.05) is 0 Å². The molecule has 0 amide bonds. The van der Waals surface area contributed by atoms with Gasteiger partial charge in [0, 0.05) is 125 Å². The Bertz CT molecular complexity index is 10600. The average Bonchev–Trinajstić information content (AvgIpc) is 1.52. The van der Waals surface area contributed by atoms with Crippen LogP contribution in [0, 0.1) is 0 Å². The van der Waals surface area contributed by atoms with Crippen LogP contribution in [0.1, 0.15) is 74.9 Å². The maximum absolute atomic E-state index is 5.23. The van der Waals surface area contributed by atoms with Crippen LogP contribution in [-0.4, -0.2) is 43.1 Å². The Kier molecular flexibility index (Phi) is 14.5. The molecule has 30 aromatic rings. The highest BCUT2D eigenvalue weighted by Crippen LogP contribution is 2.58. The van der Waals surface area contributed by atoms with Gasteiger partial charge in [-0.3, -0.25) is 13.2 Å². The Morgan fingerprint density at radius 3 is 0.970 bits per heavy atom. The van der Waals surface area contributed by atoms with Crippen molar-refractivity contribution >= 4 is 243 Å². The van der Waals surface area contributed by atoms with E-state index >= 15 is 0 Å². The van der Waals surface area contributed by atoms with Gasteiger partial charge in [0.05, 0.1) is 66.2 Å². The van der Waals surface area contributed by atoms with Gasteiger partial charge in [-0.25, -0.2) is 29.9 Å². The van der Waals surface area contributed by atoms with Crippen molar-refractivity contribution in [1.82, 2.24) is 43.1 Å². The summed E-state index contributed by atoms with van der Waals surface area (Å²) in [4.78, 5) is 31.3. The molecular formula is C123H75N9S3. The molecule has 12 aromatic heterocycles. The minimum atomic E-state index is -0.0849. The van der Waals surface area contributed by atoms with Crippen LogP contribution >= 0.6 is 34.0 Å². The Labute approximate surface area is 783 Å². The fourth-order valence-corrected chi connectivity index (χ4v) is 28.5. The summed E-state index contributed by atoms with van der Waals surface area (Å²) in [6.45, 7) is 14.1. The van der Waals surface area contributed by atoms with E-state index in [2.05, 4.69) is 364 Å². The van der Waals surface area contributed by atoms with Gasteiger partial charge in [0.15, 0.2) is 16.9 Å². The average molecular weight is 1780 g/mol. The van der Waals surface area contributed by atoms with E-state index in [0.717, 1.165) is 66.6 Å². The van der Waals surface area contributed by atoms with Crippen LogP contribution in [0.3, 0.4) is 0 Å². The molecule has 33 rings (SSSR count). The van der Waals surface area contributed by atoms with Gasteiger partial charge in [0.1, 0.15) is 16.6 Å². The molecular weight excluding hydrogens is 1700 g/mol. The number of fused-ring (bicyclic) bond motifs is 42. The van der Waals surface area contributed by atoms with Gasteiger partial charge in [-0.2, -0.15) is 0 Å². The summed E-state index contributed by atoms with van der Waals surface area (Å²) in [5.74, 6) is 0. The topological polar surface area (TPSA) is 90.6 Å². The number of para-hydroxylation sites is 6. The summed E-state index contributed by atoms with van der Waals surface area (Å²) >= 11 is 5.68. The van der Waals surface area contributed by atoms with Crippen LogP contribution in [0.5, 0.6) is 0 Å². The third kappa shape index (κ3) is 9.83. The summed E-state index contributed by atoms with van der Waals surface area (Å²) in [6.07, 6.45) is 0. The number of benzene rings is 18. The highest BCUT2D eigenvalue weighted by molar-refractivity contribution is 7.27. The molecule has 12 heterocycles. The molecule has 0 unspecified atom stereocenters. The van der Waals surface area contributed by atoms with Crippen LogP contribution in [0.25, 0.3) is 275 Å². The van der Waals surface area contributed by atoms with Crippen molar-refractivity contribution in [3.05, 3.63) is 379 Å². The van der Waals surface area contributed by atoms with Gasteiger partial charge >= 0.3 is 0 Å². The van der Waals surface area contributed by atoms with E-state index < -0.39 is 0 Å². The molecule has 0 saturated carbocycles. The summed E-state index contributed by atoms with van der Waals surface area (Å²) in [5, 5.41) is 19.0. The third-order valence-electron chi connectivity index (χ3n) is 30.9. The lowest BCUT2D eigenvalue weighted by Crippen LogP contribution is -2.16. The molecule has 18 aromatic carbocycles. The van der Waals surface area contributed by atoms with Gasteiger partial charge in [0.25, 0.3) is 0 Å². The van der Waals surface area contributed by atoms with E-state index in [4.69, 9.17) is 29.9 Å². The predicted molar refractivity (Wildman–Crippen MR) is 570 cm³/mol. The first-order valence-corrected chi connectivity index (χ1v) is 49.0. The molecule has 0 spiro atoms. The molecule has 0 atom stereocenters. The van der Waals surface area contributed by atoms with E-state index in [0.29, 0.717) is 0 Å². The molecule has 0 bridgehead atoms. The summed E-state index contributed by atoms with van der Waals surface area (Å²) in [7, 11) is 0. The van der Waals surface area contributed by atoms with Crippen LogP contribution in [-0.2, 0) is 16.2 Å². The fraction of sp³-hybridized carbons (Fsp3) is 0.0732. The SMILES string of the molecule is CC1(C)c2ccccc2-c2cc(-c3ccc4c(c3)c3c5sc6ccccc6c5cc5c6nc7ccccc7nc6n4c53)ccc21.CC1(C)c2ccccc2-c2ccc(-c3ccc4c(c3)c3c5sc6ccccc6c5cc5c6nc7ccccc7nc6n4c53)cc21.CC1(C)c2ccccc2-c2cccc(-c3ccc4c(c3)c3c5sc6ccccc6c5cc5c6nc7ccccc7nc6n4c53)c21. The van der Waals surface area contributed by atoms with Crippen molar-refractivity contribution in [2.45, 2.75) is 57.8 Å². The van der Waals surface area contributed by atoms with Crippen LogP contribution < -0.4 is 0 Å². The first kappa shape index (κ1) is 74.7. The normalized spacial score (nSPS) is 14.2. The van der Waals surface area contributed by atoms with Crippen LogP contribution in [0.4, 0.5) is 0 Å². The van der Waals surface area contributed by atoms with Crippen molar-refractivity contribution in [3.63, 3.8) is 0 Å². The zero-order valence-electron chi connectivity index (χ0n) is 74.2. The number of nitrogens with zero attached hydrogens (tertiary/aromatic N) is 9. The zero-order valence-corrected chi connectivity index (χ0v) is 76.6. The molecule has 630 valence electrons. The second-order valence-corrected chi connectivity index (χ2v) is 42.1. The molecule has 0 radical (unpaired) electrons. The van der Waals surface area contributed by atoms with Crippen molar-refractivity contribution < 1.29 is 0 Å². The van der Waals surface area contributed by atoms with E-state index in [-0.39, 0.29) is 16.2 Å². The zero-order chi connectivity index (χ0) is 88.8. The second kappa shape index (κ2) is 26.3. The largest absolute Gasteiger partial charge is 0.291 e. The molecule has 0 aliphatic heterocycles. The number of thiophene rings is 3. The molecule has 0 N–H and O–H groups in total. The maximum Gasteiger partial charge on any atom is 0.165 e. The second-order valence-electron chi connectivity index (χ2n) is 39.0. The van der Waals surface area contributed by atoms with Crippen molar-refractivity contribution in [1.29, 1.82) is 0 Å². The van der Waals surface area contributed by atoms with Crippen LogP contribution in [0.2, 0.25) is 0 Å². The molecule has 0 saturated heterocycles. The van der Waals surface area contributed by atoms with E-state index in [9.17, 15) is 0 Å². The van der Waals surface area contributed by atoms with E-state index in [1.165, 1.54) is 242 Å². The van der Waals surface area contributed by atoms with E-state index in [1.807, 2.05) is 70.4 Å². The maximum atomic E-state index is 5.23. The summed E-state index contributed by atoms with van der Waals surface area (Å²) in [6, 6.07) is 127. The van der Waals surface area contributed by atoms with Gasteiger partial charge < -0.3 is 0 Å². The Morgan fingerprint density at radius 1 is 0.207 bits per heavy atom. The van der Waals surface area contributed by atoms with Crippen molar-refractivity contribution in [3.8, 4) is 66.8 Å². The van der Waals surface area contributed by atoms with Gasteiger partial charge in [-0.05, 0) is 221 Å². The lowest BCUT2D eigenvalue weighted by Gasteiger charge is -2.24. The molecule has 3 aliphatic carbocycles. The van der Waals surface area contributed by atoms with Gasteiger partial charge in [-0.15, -0.1) is 34.0 Å². The first-order valence-electron chi connectivity index (χ1n) is 46.5. The Morgan fingerprint density at radius 2 is 0.519 bits per heavy atom. The molecule has 0 fully saturated rings. The molecule has 135 heavy (non-hydrogen) atoms. The smallest absolute Gasteiger partial charge is 0.165 e. The Balaban J connectivity index is 0.0000000945. The predicted octanol–water partition coefficient (Wildman–Crippen LogP) is 33.4. The minimum absolute atomic E-state index is 0.000613. The molecule has 9 nitrogen and oxygen atoms in total. The van der Waals surface area contributed by atoms with Crippen molar-refractivity contribution in [2.24, 2.45) is 0 Å². The monoisotopic (exact) mass is 1770 g/mol. The van der Waals surface area contributed by atoms with Crippen LogP contribution in [0.15, 0.2) is 346 Å². The third-order valence-corrected chi connectivity index (χ3v) is 34.5. The minimum Gasteiger partial charge on any atom is -0.291 e. The standard InChI is InChI=1S/3C41H25N3S/c1-41(2)30-14-5-3-10-24(30)26-13-9-12-23(36(26)41)22-18-19-33-28(20-22)35-38-29(21-27-25-11-4-8-17-34(25)45-39(27)35)37-40(44(33)38)43-32-16-7-6-15-31(32)42-37;1-41(2)30-11-5-3-9-24(30)25-17-15-23(20-31(25)41)22-16-18-34-28(19-22)36-38-29(21-27-26-10-4-8-14-35(26)45-39(27)36)37-40(44(34)38)43-33-13-7-6-12-32(33)42-37;1-41(2)30-11-5-3-9-24(30)26-19-22(15-17-31(26)41)23-16-18-34-28(20-23)36-38-29(21-27-25-10-4-8-14-35(25)45-39(27)36)37-40(44(34)38)43-33-13-7-6-12-32(33)42-37/h3*3-21H,1-2H3. The first-order chi connectivity index (χ1) is 66.2. The number of hydrogen-bond acceptors (Lipinski definition) is 9. The fourth-order valence-electron chi connectivity index (χ4n) is 24.7. The van der Waals surface area contributed by atoms with Gasteiger partial charge in [-0.1, -0.05) is 266 Å². The molecule has 3 aliphatic rings. The highest BCUT2D eigenvalue weighted by Gasteiger charge is 2.41. The van der Waals surface area contributed by atoms with Gasteiger partial charge in [0.2, 0.25) is 0 Å².